The van der Waals surface area contributed by atoms with Gasteiger partial charge in [0.2, 0.25) is 5.91 Å². The normalized spacial score (nSPS) is 28.5. The van der Waals surface area contributed by atoms with Gasteiger partial charge in [-0.3, -0.25) is 9.69 Å². The molecule has 6 rings (SSSR count). The summed E-state index contributed by atoms with van der Waals surface area (Å²) in [6, 6.07) is 10.7. The predicted molar refractivity (Wildman–Crippen MR) is 182 cm³/mol. The summed E-state index contributed by atoms with van der Waals surface area (Å²) in [5.74, 6) is -3.62. The van der Waals surface area contributed by atoms with E-state index in [1.54, 1.807) is 24.1 Å². The zero-order valence-electron chi connectivity index (χ0n) is 28.0. The van der Waals surface area contributed by atoms with Crippen molar-refractivity contribution in [2.45, 2.75) is 69.2 Å². The minimum atomic E-state index is -2.62. The number of carbonyl (C=O) groups excluding carboxylic acids is 1. The van der Waals surface area contributed by atoms with E-state index in [1.165, 1.54) is 11.0 Å². The Morgan fingerprint density at radius 2 is 1.92 bits per heavy atom. The molecule has 2 aromatic rings. The van der Waals surface area contributed by atoms with Crippen LogP contribution in [-0.4, -0.2) is 96.8 Å². The summed E-state index contributed by atoms with van der Waals surface area (Å²) in [7, 11) is 1.59. The minimum absolute atomic E-state index is 0.117. The van der Waals surface area contributed by atoms with Crippen LogP contribution in [0, 0.1) is 11.8 Å². The molecule has 3 aliphatic heterocycles. The molecule has 12 heteroatoms. The average Bonchev–Trinajstić information content (AvgIpc) is 3.06. The highest BCUT2D eigenvalue weighted by molar-refractivity contribution is 6.30. The lowest BCUT2D eigenvalue weighted by molar-refractivity contribution is -0.164. The van der Waals surface area contributed by atoms with E-state index in [2.05, 4.69) is 4.90 Å². The maximum absolute atomic E-state index is 13.4. The number of halogens is 3. The molecule has 2 fully saturated rings. The number of carboxylic acids is 1. The number of aliphatic hydroxyl groups is 1. The van der Waals surface area contributed by atoms with Crippen molar-refractivity contribution >= 4 is 29.2 Å². The van der Waals surface area contributed by atoms with Crippen LogP contribution in [0.3, 0.4) is 0 Å². The smallest absolute Gasteiger partial charge is 0.340 e. The van der Waals surface area contributed by atoms with Crippen molar-refractivity contribution in [3.63, 3.8) is 0 Å². The molecular weight excluding hydrogens is 656 g/mol. The molecule has 4 atom stereocenters. The van der Waals surface area contributed by atoms with Crippen LogP contribution in [0.5, 0.6) is 5.75 Å². The number of likely N-dealkylation sites (tertiary alicyclic amines) is 1. The van der Waals surface area contributed by atoms with E-state index in [0.717, 1.165) is 43.2 Å². The number of rotatable bonds is 5. The number of aliphatic carboxylic acids is 1. The highest BCUT2D eigenvalue weighted by Crippen LogP contribution is 2.43. The summed E-state index contributed by atoms with van der Waals surface area (Å²) in [6.07, 6.45) is 8.19. The number of amides is 1. The summed E-state index contributed by atoms with van der Waals surface area (Å²) < 4.78 is 39.6. The summed E-state index contributed by atoms with van der Waals surface area (Å²) >= 11 is 6.34. The fourth-order valence-corrected chi connectivity index (χ4v) is 7.61. The number of ether oxygens (including phenoxy) is 2. The number of carbonyl (C=O) groups is 2. The number of hydrogen-bond donors (Lipinski definition) is 2. The Bertz CT molecular complexity index is 1550. The first-order valence-corrected chi connectivity index (χ1v) is 17.7. The maximum Gasteiger partial charge on any atom is 0.340 e. The highest BCUT2D eigenvalue weighted by Gasteiger charge is 2.44. The number of benzene rings is 2. The van der Waals surface area contributed by atoms with Crippen LogP contribution in [0.2, 0.25) is 5.02 Å². The largest absolute Gasteiger partial charge is 0.487 e. The zero-order valence-corrected chi connectivity index (χ0v) is 28.7. The third-order valence-electron chi connectivity index (χ3n) is 10.6. The van der Waals surface area contributed by atoms with Gasteiger partial charge < -0.3 is 29.5 Å². The molecule has 266 valence electrons. The van der Waals surface area contributed by atoms with Crippen LogP contribution in [0.15, 0.2) is 48.6 Å². The van der Waals surface area contributed by atoms with Crippen molar-refractivity contribution in [3.8, 4) is 5.75 Å². The Balaban J connectivity index is 1.33. The number of aryl methyl sites for hydroxylation is 1. The van der Waals surface area contributed by atoms with E-state index in [1.807, 2.05) is 30.4 Å². The number of nitrogens with zero attached hydrogens (tertiary/aromatic N) is 3. The zero-order chi connectivity index (χ0) is 34.8. The lowest BCUT2D eigenvalue weighted by atomic mass is 9.70. The SMILES string of the molecule is CN1CC/C=C/[C@H](OCCN2CC(F)(F)C2)[C@@H]2CC[C@H]2CN2CCCCc3cc(Cl)ccc3COc3ccc(cc32)C(O)(C(=O)O)CC1=O. The highest BCUT2D eigenvalue weighted by atomic mass is 35.5. The van der Waals surface area contributed by atoms with Gasteiger partial charge in [0.25, 0.3) is 5.92 Å². The molecule has 2 bridgehead atoms. The maximum atomic E-state index is 13.4. The van der Waals surface area contributed by atoms with Gasteiger partial charge in [-0.05, 0) is 91.3 Å². The van der Waals surface area contributed by atoms with Crippen molar-refractivity contribution in [3.05, 3.63) is 70.3 Å². The lowest BCUT2D eigenvalue weighted by Gasteiger charge is -2.44. The van der Waals surface area contributed by atoms with Gasteiger partial charge in [0.05, 0.1) is 37.9 Å². The molecule has 1 unspecified atom stereocenters. The Morgan fingerprint density at radius 3 is 2.65 bits per heavy atom. The third kappa shape index (κ3) is 8.22. The number of hydrogen-bond acceptors (Lipinski definition) is 7. The summed E-state index contributed by atoms with van der Waals surface area (Å²) in [6.45, 7) is 2.23. The summed E-state index contributed by atoms with van der Waals surface area (Å²) in [5, 5.41) is 22.6. The Hall–Kier alpha value is -3.25. The Kier molecular flexibility index (Phi) is 10.8. The molecule has 2 N–H and O–H groups in total. The van der Waals surface area contributed by atoms with Crippen LogP contribution in [0.4, 0.5) is 14.5 Å². The van der Waals surface area contributed by atoms with Gasteiger partial charge in [-0.15, -0.1) is 0 Å². The van der Waals surface area contributed by atoms with Gasteiger partial charge in [-0.1, -0.05) is 35.9 Å². The molecule has 2 aromatic carbocycles. The molecule has 49 heavy (non-hydrogen) atoms. The Labute approximate surface area is 291 Å². The lowest BCUT2D eigenvalue weighted by Crippen LogP contribution is -2.57. The topological polar surface area (TPSA) is 103 Å². The van der Waals surface area contributed by atoms with E-state index >= 15 is 0 Å². The molecule has 9 nitrogen and oxygen atoms in total. The van der Waals surface area contributed by atoms with Gasteiger partial charge in [0.15, 0.2) is 5.60 Å². The number of anilines is 1. The van der Waals surface area contributed by atoms with Crippen molar-refractivity contribution in [2.24, 2.45) is 11.8 Å². The molecule has 0 spiro atoms. The van der Waals surface area contributed by atoms with Gasteiger partial charge in [-0.25, -0.2) is 13.6 Å². The van der Waals surface area contributed by atoms with Gasteiger partial charge >= 0.3 is 5.97 Å². The second-order valence-electron chi connectivity index (χ2n) is 14.1. The first-order chi connectivity index (χ1) is 23.4. The van der Waals surface area contributed by atoms with Gasteiger partial charge in [0.1, 0.15) is 12.4 Å². The van der Waals surface area contributed by atoms with Crippen molar-refractivity contribution in [1.29, 1.82) is 0 Å². The number of carboxylic acid groups (broad SMARTS) is 1. The van der Waals surface area contributed by atoms with E-state index < -0.39 is 29.8 Å². The molecule has 0 aromatic heterocycles. The molecule has 1 saturated heterocycles. The standard InChI is InChI=1S/C37H46ClF2N3O6/c1-41-14-4-3-7-32(48-17-16-42-23-36(39,40)24-42)30-12-9-26(30)21-43-15-5-2-6-25-18-29(38)11-8-27(25)22-49-33-13-10-28(19-31(33)43)37(47,35(45)46)20-34(41)44/h3,7-8,10-11,13,18-19,26,30,32,47H,2,4-6,9,12,14-17,20-24H2,1H3,(H,45,46)/b7-3+/t26-,30+,32-,37?/m0/s1. The van der Waals surface area contributed by atoms with Gasteiger partial charge in [0, 0.05) is 38.2 Å². The van der Waals surface area contributed by atoms with Crippen molar-refractivity contribution in [1.82, 2.24) is 9.80 Å². The van der Waals surface area contributed by atoms with Crippen LogP contribution in [0.25, 0.3) is 0 Å². The molecule has 1 amide bonds. The third-order valence-corrected chi connectivity index (χ3v) is 10.8. The van der Waals surface area contributed by atoms with E-state index in [9.17, 15) is 28.6 Å². The van der Waals surface area contributed by atoms with Crippen LogP contribution >= 0.6 is 11.6 Å². The van der Waals surface area contributed by atoms with E-state index in [4.69, 9.17) is 21.1 Å². The predicted octanol–water partition coefficient (Wildman–Crippen LogP) is 5.50. The first-order valence-electron chi connectivity index (χ1n) is 17.3. The number of fused-ring (bicyclic) bond motifs is 3. The van der Waals surface area contributed by atoms with Crippen molar-refractivity contribution < 1.29 is 38.1 Å². The number of alkyl halides is 2. The van der Waals surface area contributed by atoms with E-state index in [0.29, 0.717) is 55.7 Å². The minimum Gasteiger partial charge on any atom is -0.487 e. The van der Waals surface area contributed by atoms with Crippen LogP contribution in [0.1, 0.15) is 55.2 Å². The molecular formula is C37H46ClF2N3O6. The quantitative estimate of drug-likeness (QED) is 0.394. The van der Waals surface area contributed by atoms with Crippen molar-refractivity contribution in [2.75, 3.05) is 57.8 Å². The van der Waals surface area contributed by atoms with Crippen LogP contribution < -0.4 is 9.64 Å². The average molecular weight is 702 g/mol. The summed E-state index contributed by atoms with van der Waals surface area (Å²) in [4.78, 5) is 31.3. The fraction of sp³-hybridized carbons (Fsp3) is 0.568. The molecule has 1 saturated carbocycles. The van der Waals surface area contributed by atoms with Crippen LogP contribution in [-0.2, 0) is 33.0 Å². The second kappa shape index (κ2) is 14.9. The molecule has 4 aliphatic rings. The molecule has 3 heterocycles. The monoisotopic (exact) mass is 701 g/mol. The molecule has 0 radical (unpaired) electrons. The second-order valence-corrected chi connectivity index (χ2v) is 14.5. The first kappa shape index (κ1) is 35.6. The molecule has 1 aliphatic carbocycles. The summed E-state index contributed by atoms with van der Waals surface area (Å²) in [5.41, 5.74) is 0.490. The van der Waals surface area contributed by atoms with Gasteiger partial charge in [-0.2, -0.15) is 0 Å². The van der Waals surface area contributed by atoms with E-state index in [-0.39, 0.29) is 43.2 Å². The Morgan fingerprint density at radius 1 is 1.10 bits per heavy atom. The fourth-order valence-electron chi connectivity index (χ4n) is 7.42.